The van der Waals surface area contributed by atoms with E-state index in [-0.39, 0.29) is 5.82 Å². The summed E-state index contributed by atoms with van der Waals surface area (Å²) in [5, 5.41) is 7.94. The van der Waals surface area contributed by atoms with Crippen LogP contribution < -0.4 is 5.32 Å². The number of benzene rings is 2. The van der Waals surface area contributed by atoms with E-state index in [4.69, 9.17) is 0 Å². The Labute approximate surface area is 150 Å². The lowest BCUT2D eigenvalue weighted by Crippen LogP contribution is -2.07. The van der Waals surface area contributed by atoms with Gasteiger partial charge in [-0.15, -0.1) is 5.10 Å². The highest BCUT2D eigenvalue weighted by Gasteiger charge is 2.11. The third-order valence-corrected chi connectivity index (χ3v) is 4.14. The summed E-state index contributed by atoms with van der Waals surface area (Å²) in [4.78, 5) is 9.02. The van der Waals surface area contributed by atoms with Crippen molar-refractivity contribution in [3.05, 3.63) is 77.2 Å². The minimum atomic E-state index is -0.241. The molecule has 0 bridgehead atoms. The van der Waals surface area contributed by atoms with E-state index in [0.29, 0.717) is 18.1 Å². The van der Waals surface area contributed by atoms with E-state index in [2.05, 4.69) is 20.4 Å². The van der Waals surface area contributed by atoms with E-state index in [0.717, 1.165) is 22.6 Å². The predicted octanol–water partition coefficient (Wildman–Crippen LogP) is 4.16. The summed E-state index contributed by atoms with van der Waals surface area (Å²) in [7, 11) is 0. The minimum Gasteiger partial charge on any atom is -0.366 e. The van der Waals surface area contributed by atoms with Crippen LogP contribution in [0.3, 0.4) is 0 Å². The molecule has 0 saturated heterocycles. The fourth-order valence-electron chi connectivity index (χ4n) is 2.73. The third-order valence-electron chi connectivity index (χ3n) is 4.14. The van der Waals surface area contributed by atoms with Crippen molar-refractivity contribution in [2.24, 2.45) is 0 Å². The molecule has 0 amide bonds. The first-order valence-corrected chi connectivity index (χ1v) is 8.38. The van der Waals surface area contributed by atoms with E-state index < -0.39 is 0 Å². The molecule has 0 aliphatic rings. The molecule has 1 N–H and O–H groups in total. The van der Waals surface area contributed by atoms with Crippen LogP contribution in [0.5, 0.6) is 0 Å². The molecule has 4 rings (SSSR count). The Kier molecular flexibility index (Phi) is 4.08. The molecular weight excluding hydrogens is 329 g/mol. The van der Waals surface area contributed by atoms with Gasteiger partial charge in [-0.25, -0.2) is 9.37 Å². The molecule has 0 radical (unpaired) electrons. The maximum atomic E-state index is 13.0. The first-order chi connectivity index (χ1) is 12.6. The van der Waals surface area contributed by atoms with Crippen LogP contribution in [0, 0.1) is 19.7 Å². The molecule has 2 heterocycles. The van der Waals surface area contributed by atoms with Crippen LogP contribution in [0.1, 0.15) is 16.8 Å². The van der Waals surface area contributed by atoms with Gasteiger partial charge in [0.15, 0.2) is 5.82 Å². The lowest BCUT2D eigenvalue weighted by molar-refractivity contribution is 0.627. The second-order valence-corrected chi connectivity index (χ2v) is 6.28. The molecule has 0 saturated carbocycles. The molecule has 0 atom stereocenters. The number of rotatable bonds is 4. The first-order valence-electron chi connectivity index (χ1n) is 8.38. The Morgan fingerprint density at radius 2 is 1.69 bits per heavy atom. The van der Waals surface area contributed by atoms with Crippen molar-refractivity contribution < 1.29 is 4.39 Å². The normalized spacial score (nSPS) is 11.0. The van der Waals surface area contributed by atoms with E-state index >= 15 is 0 Å². The third kappa shape index (κ3) is 3.26. The van der Waals surface area contributed by atoms with Gasteiger partial charge >= 0.3 is 0 Å². The van der Waals surface area contributed by atoms with Gasteiger partial charge in [0.1, 0.15) is 11.6 Å². The van der Waals surface area contributed by atoms with Crippen LogP contribution in [0.25, 0.3) is 17.2 Å². The number of nitrogens with zero attached hydrogens (tertiary/aromatic N) is 4. The van der Waals surface area contributed by atoms with Crippen molar-refractivity contribution in [2.75, 3.05) is 5.32 Å². The van der Waals surface area contributed by atoms with Gasteiger partial charge in [0.05, 0.1) is 0 Å². The minimum absolute atomic E-state index is 0.241. The number of hydrogen-bond acceptors (Lipinski definition) is 4. The molecule has 130 valence electrons. The molecular formula is C20H18FN5. The fourth-order valence-corrected chi connectivity index (χ4v) is 2.73. The zero-order chi connectivity index (χ0) is 18.1. The number of nitrogens with one attached hydrogen (secondary N) is 1. The Hall–Kier alpha value is -3.28. The second kappa shape index (κ2) is 6.55. The zero-order valence-corrected chi connectivity index (χ0v) is 14.6. The van der Waals surface area contributed by atoms with Gasteiger partial charge < -0.3 is 5.32 Å². The lowest BCUT2D eigenvalue weighted by atomic mass is 10.1. The summed E-state index contributed by atoms with van der Waals surface area (Å²) in [6, 6.07) is 16.4. The van der Waals surface area contributed by atoms with Crippen molar-refractivity contribution >= 4 is 11.6 Å². The lowest BCUT2D eigenvalue weighted by Gasteiger charge is -2.08. The molecule has 0 unspecified atom stereocenters. The largest absolute Gasteiger partial charge is 0.366 e. The van der Waals surface area contributed by atoms with Gasteiger partial charge in [-0.3, -0.25) is 0 Å². The average Bonchev–Trinajstić information content (AvgIpc) is 3.05. The number of halogens is 1. The highest BCUT2D eigenvalue weighted by atomic mass is 19.1. The van der Waals surface area contributed by atoms with E-state index in [1.165, 1.54) is 17.7 Å². The zero-order valence-electron chi connectivity index (χ0n) is 14.6. The highest BCUT2D eigenvalue weighted by molar-refractivity contribution is 5.59. The number of aromatic nitrogens is 4. The SMILES string of the molecule is Cc1ccc(-c2nc3nc(C)cc(NCc4ccc(F)cc4)n3n2)cc1. The fraction of sp³-hybridized carbons (Fsp3) is 0.150. The number of aryl methyl sites for hydroxylation is 2. The van der Waals surface area contributed by atoms with Gasteiger partial charge in [0, 0.05) is 23.9 Å². The van der Waals surface area contributed by atoms with Crippen LogP contribution in [0.4, 0.5) is 10.2 Å². The van der Waals surface area contributed by atoms with Crippen LogP contribution in [0.2, 0.25) is 0 Å². The smallest absolute Gasteiger partial charge is 0.254 e. The number of fused-ring (bicyclic) bond motifs is 1. The highest BCUT2D eigenvalue weighted by Crippen LogP contribution is 2.19. The van der Waals surface area contributed by atoms with Gasteiger partial charge in [-0.1, -0.05) is 42.0 Å². The van der Waals surface area contributed by atoms with E-state index in [1.807, 2.05) is 44.2 Å². The maximum absolute atomic E-state index is 13.0. The molecule has 2 aromatic heterocycles. The second-order valence-electron chi connectivity index (χ2n) is 6.28. The molecule has 4 aromatic rings. The Morgan fingerprint density at radius 3 is 2.42 bits per heavy atom. The average molecular weight is 347 g/mol. The van der Waals surface area contributed by atoms with Gasteiger partial charge in [0.25, 0.3) is 5.78 Å². The predicted molar refractivity (Wildman–Crippen MR) is 99.4 cm³/mol. The number of hydrogen-bond donors (Lipinski definition) is 1. The van der Waals surface area contributed by atoms with Crippen LogP contribution in [-0.2, 0) is 6.54 Å². The standard InChI is InChI=1S/C20H18FN5/c1-13-3-7-16(8-4-13)19-24-20-23-14(2)11-18(26(20)25-19)22-12-15-5-9-17(21)10-6-15/h3-11,22H,12H2,1-2H3. The number of anilines is 1. The van der Waals surface area contributed by atoms with E-state index in [9.17, 15) is 4.39 Å². The summed E-state index contributed by atoms with van der Waals surface area (Å²) in [6.07, 6.45) is 0. The Morgan fingerprint density at radius 1 is 0.962 bits per heavy atom. The van der Waals surface area contributed by atoms with Gasteiger partial charge in [-0.05, 0) is 31.5 Å². The van der Waals surface area contributed by atoms with Gasteiger partial charge in [-0.2, -0.15) is 9.50 Å². The van der Waals surface area contributed by atoms with Crippen molar-refractivity contribution in [1.82, 2.24) is 19.6 Å². The van der Waals surface area contributed by atoms with Gasteiger partial charge in [0.2, 0.25) is 0 Å². The van der Waals surface area contributed by atoms with Crippen molar-refractivity contribution in [2.45, 2.75) is 20.4 Å². The van der Waals surface area contributed by atoms with Crippen LogP contribution in [0.15, 0.2) is 54.6 Å². The molecule has 0 fully saturated rings. The summed E-state index contributed by atoms with van der Waals surface area (Å²) in [6.45, 7) is 4.52. The molecule has 26 heavy (non-hydrogen) atoms. The molecule has 6 heteroatoms. The molecule has 0 spiro atoms. The molecule has 0 aliphatic heterocycles. The molecule has 0 aliphatic carbocycles. The van der Waals surface area contributed by atoms with E-state index in [1.54, 1.807) is 16.6 Å². The topological polar surface area (TPSA) is 55.1 Å². The van der Waals surface area contributed by atoms with Crippen LogP contribution in [-0.4, -0.2) is 19.6 Å². The Balaban J connectivity index is 1.67. The van der Waals surface area contributed by atoms with Crippen molar-refractivity contribution in [3.8, 4) is 11.4 Å². The summed E-state index contributed by atoms with van der Waals surface area (Å²) in [5.41, 5.74) is 3.96. The molecule has 2 aromatic carbocycles. The molecule has 5 nitrogen and oxygen atoms in total. The quantitative estimate of drug-likeness (QED) is 0.602. The Bertz CT molecular complexity index is 1050. The summed E-state index contributed by atoms with van der Waals surface area (Å²) < 4.78 is 14.7. The van der Waals surface area contributed by atoms with Crippen LogP contribution >= 0.6 is 0 Å². The summed E-state index contributed by atoms with van der Waals surface area (Å²) >= 11 is 0. The first kappa shape index (κ1) is 16.2. The van der Waals surface area contributed by atoms with Crippen molar-refractivity contribution in [3.63, 3.8) is 0 Å². The summed E-state index contributed by atoms with van der Waals surface area (Å²) in [5.74, 6) is 1.73. The van der Waals surface area contributed by atoms with Crippen molar-refractivity contribution in [1.29, 1.82) is 0 Å². The maximum Gasteiger partial charge on any atom is 0.254 e. The monoisotopic (exact) mass is 347 g/mol.